The lowest BCUT2D eigenvalue weighted by atomic mass is 9.88. The molecule has 0 fully saturated rings. The summed E-state index contributed by atoms with van der Waals surface area (Å²) in [6, 6.07) is 26.9. The van der Waals surface area contributed by atoms with E-state index in [1.165, 1.54) is 16.7 Å². The first-order chi connectivity index (χ1) is 15.3. The first-order valence-corrected chi connectivity index (χ1v) is 11.4. The molecule has 0 saturated carbocycles. The Hall–Kier alpha value is -3.27. The fourth-order valence-electron chi connectivity index (χ4n) is 3.81. The molecule has 4 heteroatoms. The highest BCUT2D eigenvalue weighted by molar-refractivity contribution is 7.07. The van der Waals surface area contributed by atoms with Gasteiger partial charge < -0.3 is 0 Å². The predicted molar refractivity (Wildman–Crippen MR) is 132 cm³/mol. The van der Waals surface area contributed by atoms with Crippen LogP contribution >= 0.6 is 22.9 Å². The number of rotatable bonds is 5. The molecule has 1 atom stereocenters. The van der Waals surface area contributed by atoms with Gasteiger partial charge >= 0.3 is 0 Å². The fourth-order valence-corrected chi connectivity index (χ4v) is 4.52. The Balaban J connectivity index is 1.62. The lowest BCUT2D eigenvalue weighted by Crippen LogP contribution is -2.04. The van der Waals surface area contributed by atoms with Gasteiger partial charge in [0.25, 0.3) is 0 Å². The summed E-state index contributed by atoms with van der Waals surface area (Å²) in [4.78, 5) is 9.21. The van der Waals surface area contributed by atoms with Crippen molar-refractivity contribution in [2.45, 2.75) is 5.92 Å². The molecule has 0 radical (unpaired) electrons. The molecule has 5 aromatic rings. The zero-order valence-corrected chi connectivity index (χ0v) is 18.2. The van der Waals surface area contributed by atoms with Gasteiger partial charge in [-0.25, -0.2) is 4.98 Å². The molecule has 0 spiro atoms. The van der Waals surface area contributed by atoms with Gasteiger partial charge in [-0.2, -0.15) is 0 Å². The molecule has 3 aromatic carbocycles. The van der Waals surface area contributed by atoms with E-state index in [1.807, 2.05) is 42.0 Å². The second-order valence-corrected chi connectivity index (χ2v) is 8.47. The molecular formula is C27H19ClN2S. The summed E-state index contributed by atoms with van der Waals surface area (Å²) >= 11 is 7.75. The summed E-state index contributed by atoms with van der Waals surface area (Å²) in [5.41, 5.74) is 8.57. The van der Waals surface area contributed by atoms with Crippen LogP contribution in [0.25, 0.3) is 23.1 Å². The van der Waals surface area contributed by atoms with Gasteiger partial charge in [0.2, 0.25) is 0 Å². The lowest BCUT2D eigenvalue weighted by Gasteiger charge is -2.17. The molecule has 2 nitrogen and oxygen atoms in total. The topological polar surface area (TPSA) is 25.8 Å². The van der Waals surface area contributed by atoms with Crippen LogP contribution in [-0.4, -0.2) is 9.97 Å². The first kappa shape index (κ1) is 19.7. The molecule has 31 heavy (non-hydrogen) atoms. The van der Waals surface area contributed by atoms with Gasteiger partial charge in [0.15, 0.2) is 0 Å². The number of hydrogen-bond donors (Lipinski definition) is 0. The predicted octanol–water partition coefficient (Wildman–Crippen LogP) is 7.70. The molecule has 0 saturated heterocycles. The van der Waals surface area contributed by atoms with Gasteiger partial charge in [-0.3, -0.25) is 4.98 Å². The smallest absolute Gasteiger partial charge is 0.0795 e. The van der Waals surface area contributed by atoms with Gasteiger partial charge in [0.05, 0.1) is 22.6 Å². The lowest BCUT2D eigenvalue weighted by molar-refractivity contribution is 0.935. The summed E-state index contributed by atoms with van der Waals surface area (Å²) < 4.78 is 0. The van der Waals surface area contributed by atoms with E-state index >= 15 is 0 Å². The van der Waals surface area contributed by atoms with Crippen LogP contribution in [0.2, 0.25) is 5.02 Å². The van der Waals surface area contributed by atoms with Crippen LogP contribution in [0.3, 0.4) is 0 Å². The third-order valence-electron chi connectivity index (χ3n) is 5.34. The van der Waals surface area contributed by atoms with Crippen molar-refractivity contribution in [3.05, 3.63) is 129 Å². The van der Waals surface area contributed by atoms with Crippen LogP contribution in [0.1, 0.15) is 33.9 Å². The third kappa shape index (κ3) is 4.29. The second kappa shape index (κ2) is 8.84. The van der Waals surface area contributed by atoms with Crippen LogP contribution in [0, 0.1) is 0 Å². The summed E-state index contributed by atoms with van der Waals surface area (Å²) in [5, 5.41) is 3.97. The van der Waals surface area contributed by atoms with E-state index in [0.29, 0.717) is 0 Å². The Kier molecular flexibility index (Phi) is 5.61. The average molecular weight is 439 g/mol. The molecule has 2 aromatic heterocycles. The number of hydrogen-bond acceptors (Lipinski definition) is 3. The zero-order valence-electron chi connectivity index (χ0n) is 16.7. The summed E-state index contributed by atoms with van der Waals surface area (Å²) in [5.74, 6) is 0.0408. The highest BCUT2D eigenvalue weighted by Crippen LogP contribution is 2.34. The standard InChI is InChI=1S/C27H19ClN2S/c28-23-11-8-21(9-12-23)27(26-17-31-18-30-26)22-10-13-25-24(16-22)20(14-15-29-25)7-6-19-4-2-1-3-5-19/h1-18,27H. The highest BCUT2D eigenvalue weighted by Gasteiger charge is 2.19. The van der Waals surface area contributed by atoms with E-state index in [1.54, 1.807) is 11.3 Å². The number of aromatic nitrogens is 2. The average Bonchev–Trinajstić information content (AvgIpc) is 3.34. The maximum atomic E-state index is 6.14. The maximum absolute atomic E-state index is 6.14. The quantitative estimate of drug-likeness (QED) is 0.281. The normalized spacial score (nSPS) is 12.4. The van der Waals surface area contributed by atoms with Crippen molar-refractivity contribution in [1.82, 2.24) is 9.97 Å². The Morgan fingerprint density at radius 2 is 1.61 bits per heavy atom. The Morgan fingerprint density at radius 1 is 0.806 bits per heavy atom. The maximum Gasteiger partial charge on any atom is 0.0795 e. The minimum absolute atomic E-state index is 0.0408. The molecule has 0 aliphatic rings. The number of pyridine rings is 1. The molecular weight excluding hydrogens is 420 g/mol. The van der Waals surface area contributed by atoms with Gasteiger partial charge in [0, 0.05) is 22.0 Å². The zero-order chi connectivity index (χ0) is 21.0. The number of nitrogens with zero attached hydrogens (tertiary/aromatic N) is 2. The van der Waals surface area contributed by atoms with Crippen LogP contribution in [-0.2, 0) is 0 Å². The van der Waals surface area contributed by atoms with E-state index < -0.39 is 0 Å². The van der Waals surface area contributed by atoms with Crippen LogP contribution in [0.4, 0.5) is 0 Å². The number of thiazole rings is 1. The van der Waals surface area contributed by atoms with E-state index in [9.17, 15) is 0 Å². The van der Waals surface area contributed by atoms with Gasteiger partial charge in [-0.1, -0.05) is 72.3 Å². The molecule has 5 rings (SSSR count). The van der Waals surface area contributed by atoms with Crippen molar-refractivity contribution in [2.24, 2.45) is 0 Å². The number of benzene rings is 3. The highest BCUT2D eigenvalue weighted by atomic mass is 35.5. The Bertz CT molecular complexity index is 1330. The second-order valence-electron chi connectivity index (χ2n) is 7.32. The molecule has 1 unspecified atom stereocenters. The van der Waals surface area contributed by atoms with Gasteiger partial charge in [-0.05, 0) is 52.6 Å². The molecule has 0 N–H and O–H groups in total. The Labute approximate surface area is 190 Å². The van der Waals surface area contributed by atoms with Gasteiger partial charge in [0.1, 0.15) is 0 Å². The van der Waals surface area contributed by atoms with Crippen LogP contribution < -0.4 is 0 Å². The summed E-state index contributed by atoms with van der Waals surface area (Å²) in [6.45, 7) is 0. The summed E-state index contributed by atoms with van der Waals surface area (Å²) in [7, 11) is 0. The largest absolute Gasteiger partial charge is 0.256 e. The monoisotopic (exact) mass is 438 g/mol. The molecule has 0 amide bonds. The van der Waals surface area contributed by atoms with E-state index in [0.717, 1.165) is 27.2 Å². The van der Waals surface area contributed by atoms with Crippen LogP contribution in [0.5, 0.6) is 0 Å². The molecule has 0 aliphatic carbocycles. The third-order valence-corrected chi connectivity index (χ3v) is 6.19. The van der Waals surface area contributed by atoms with E-state index in [2.05, 4.69) is 76.0 Å². The Morgan fingerprint density at radius 3 is 2.39 bits per heavy atom. The first-order valence-electron chi connectivity index (χ1n) is 10.0. The summed E-state index contributed by atoms with van der Waals surface area (Å²) in [6.07, 6.45) is 6.16. The van der Waals surface area contributed by atoms with Crippen molar-refractivity contribution < 1.29 is 0 Å². The minimum atomic E-state index is 0.0408. The molecule has 150 valence electrons. The molecule has 0 aliphatic heterocycles. The van der Waals surface area contributed by atoms with Crippen molar-refractivity contribution >= 4 is 46.0 Å². The van der Waals surface area contributed by atoms with Crippen molar-refractivity contribution in [3.8, 4) is 0 Å². The fraction of sp³-hybridized carbons (Fsp3) is 0.0370. The number of halogens is 1. The molecule has 0 bridgehead atoms. The SMILES string of the molecule is Clc1ccc(C(c2ccc3nccc(C=Cc4ccccc4)c3c2)c2cscn2)cc1. The van der Waals surface area contributed by atoms with E-state index in [-0.39, 0.29) is 5.92 Å². The van der Waals surface area contributed by atoms with Crippen molar-refractivity contribution in [2.75, 3.05) is 0 Å². The van der Waals surface area contributed by atoms with Crippen molar-refractivity contribution in [3.63, 3.8) is 0 Å². The van der Waals surface area contributed by atoms with Crippen molar-refractivity contribution in [1.29, 1.82) is 0 Å². The molecule has 2 heterocycles. The number of fused-ring (bicyclic) bond motifs is 1. The van der Waals surface area contributed by atoms with Crippen LogP contribution in [0.15, 0.2) is 96.0 Å². The minimum Gasteiger partial charge on any atom is -0.256 e. The van der Waals surface area contributed by atoms with Gasteiger partial charge in [-0.15, -0.1) is 11.3 Å². The van der Waals surface area contributed by atoms with E-state index in [4.69, 9.17) is 11.6 Å².